The van der Waals surface area contributed by atoms with Crippen LogP contribution >= 0.6 is 0 Å². The van der Waals surface area contributed by atoms with Gasteiger partial charge in [-0.1, -0.05) is 0 Å². The fraction of sp³-hybridized carbons (Fsp3) is 0.476. The normalized spacial score (nSPS) is 22.7. The summed E-state index contributed by atoms with van der Waals surface area (Å²) in [5.74, 6) is -0.910. The maximum atomic E-state index is 13.1. The maximum absolute atomic E-state index is 13.1. The van der Waals surface area contributed by atoms with Gasteiger partial charge in [-0.2, -0.15) is 0 Å². The number of rotatable bonds is 5. The molecule has 2 amide bonds. The van der Waals surface area contributed by atoms with Crippen LogP contribution in [-0.4, -0.2) is 76.3 Å². The molecule has 5 rings (SSSR count). The lowest BCUT2D eigenvalue weighted by Gasteiger charge is -2.35. The molecule has 2 bridgehead atoms. The third-order valence-electron chi connectivity index (χ3n) is 5.74. The monoisotopic (exact) mass is 456 g/mol. The van der Waals surface area contributed by atoms with E-state index in [0.29, 0.717) is 24.8 Å². The summed E-state index contributed by atoms with van der Waals surface area (Å²) in [4.78, 5) is 40.8. The quantitative estimate of drug-likeness (QED) is 0.684. The zero-order valence-electron chi connectivity index (χ0n) is 18.2. The molecule has 3 aliphatic rings. The van der Waals surface area contributed by atoms with Gasteiger partial charge in [-0.3, -0.25) is 10.2 Å². The summed E-state index contributed by atoms with van der Waals surface area (Å²) in [6, 6.07) is 2.59. The van der Waals surface area contributed by atoms with Crippen molar-refractivity contribution in [2.75, 3.05) is 41.4 Å². The molecule has 12 nitrogen and oxygen atoms in total. The Bertz CT molecular complexity index is 1080. The first-order valence-electron chi connectivity index (χ1n) is 10.7. The number of urea groups is 1. The van der Waals surface area contributed by atoms with Gasteiger partial charge in [0.1, 0.15) is 12.7 Å². The van der Waals surface area contributed by atoms with Gasteiger partial charge in [0.2, 0.25) is 5.88 Å². The zero-order chi connectivity index (χ0) is 23.2. The summed E-state index contributed by atoms with van der Waals surface area (Å²) >= 11 is 0. The van der Waals surface area contributed by atoms with Crippen LogP contribution in [0.2, 0.25) is 0 Å². The number of aromatic carboxylic acids is 1. The Morgan fingerprint density at radius 2 is 2.15 bits per heavy atom. The van der Waals surface area contributed by atoms with Crippen LogP contribution in [0, 0.1) is 0 Å². The third-order valence-corrected chi connectivity index (χ3v) is 5.74. The van der Waals surface area contributed by atoms with Crippen LogP contribution in [0.1, 0.15) is 30.8 Å². The number of carboxylic acids is 1. The van der Waals surface area contributed by atoms with Gasteiger partial charge < -0.3 is 24.2 Å². The van der Waals surface area contributed by atoms with Gasteiger partial charge in [0, 0.05) is 13.1 Å². The van der Waals surface area contributed by atoms with E-state index < -0.39 is 17.8 Å². The van der Waals surface area contributed by atoms with Crippen LogP contribution in [0.3, 0.4) is 0 Å². The maximum Gasteiger partial charge on any atom is 0.354 e. The fourth-order valence-electron chi connectivity index (χ4n) is 4.24. The van der Waals surface area contributed by atoms with Crippen molar-refractivity contribution < 1.29 is 28.9 Å². The van der Waals surface area contributed by atoms with Crippen molar-refractivity contribution in [2.45, 2.75) is 38.2 Å². The fourth-order valence-corrected chi connectivity index (χ4v) is 4.24. The van der Waals surface area contributed by atoms with E-state index in [4.69, 9.17) is 14.2 Å². The molecule has 0 spiro atoms. The van der Waals surface area contributed by atoms with E-state index in [2.05, 4.69) is 25.2 Å². The average molecular weight is 456 g/mol. The molecule has 0 saturated carbocycles. The SMILES string of the molecule is CC1(C)OCC(COc2cnc(NC(=O)N3c4nc(C(=O)O)ccc4N4CC[C@H]3C4)cn2)O1. The molecular weight excluding hydrogens is 432 g/mol. The lowest BCUT2D eigenvalue weighted by molar-refractivity contribution is -0.141. The standard InChI is InChI=1S/C21H24N6O6/c1-21(2)32-11-13(33-21)10-31-17-8-22-16(7-23-17)25-20(30)27-12-5-6-26(9-12)15-4-3-14(19(28)29)24-18(15)27/h3-4,7-8,12-13H,5-6,9-11H2,1-2H3,(H,28,29)(H,22,25,30)/t12-,13?/m0/s1. The minimum atomic E-state index is -1.15. The van der Waals surface area contributed by atoms with Gasteiger partial charge in [-0.05, 0) is 32.4 Å². The molecule has 174 valence electrons. The number of hydrogen-bond donors (Lipinski definition) is 2. The van der Waals surface area contributed by atoms with Crippen molar-refractivity contribution in [1.29, 1.82) is 0 Å². The molecule has 12 heteroatoms. The van der Waals surface area contributed by atoms with Crippen molar-refractivity contribution in [3.63, 3.8) is 0 Å². The number of amides is 2. The van der Waals surface area contributed by atoms with E-state index in [1.54, 1.807) is 6.07 Å². The number of ether oxygens (including phenoxy) is 3. The lowest BCUT2D eigenvalue weighted by atomic mass is 10.2. The predicted molar refractivity (Wildman–Crippen MR) is 116 cm³/mol. The van der Waals surface area contributed by atoms with Gasteiger partial charge in [-0.15, -0.1) is 0 Å². The molecule has 2 aromatic heterocycles. The van der Waals surface area contributed by atoms with Crippen molar-refractivity contribution in [2.24, 2.45) is 0 Å². The molecule has 0 aromatic carbocycles. The Morgan fingerprint density at radius 3 is 2.85 bits per heavy atom. The van der Waals surface area contributed by atoms with E-state index in [9.17, 15) is 14.7 Å². The van der Waals surface area contributed by atoms with E-state index in [1.807, 2.05) is 13.8 Å². The second kappa shape index (κ2) is 8.12. The summed E-state index contributed by atoms with van der Waals surface area (Å²) in [6.45, 7) is 5.81. The molecule has 3 aliphatic heterocycles. The molecule has 2 saturated heterocycles. The van der Waals surface area contributed by atoms with Gasteiger partial charge in [0.25, 0.3) is 0 Å². The summed E-state index contributed by atoms with van der Waals surface area (Å²) in [5, 5.41) is 12.0. The Labute approximate surface area is 189 Å². The Balaban J connectivity index is 1.26. The number of carbonyl (C=O) groups excluding carboxylic acids is 1. The average Bonchev–Trinajstić information content (AvgIpc) is 3.36. The van der Waals surface area contributed by atoms with Gasteiger partial charge in [0.15, 0.2) is 23.1 Å². The summed E-state index contributed by atoms with van der Waals surface area (Å²) in [6.07, 6.45) is 3.37. The number of fused-ring (bicyclic) bond motifs is 4. The van der Waals surface area contributed by atoms with Crippen LogP contribution in [0.5, 0.6) is 5.88 Å². The molecule has 5 heterocycles. The van der Waals surface area contributed by atoms with E-state index in [-0.39, 0.29) is 30.3 Å². The van der Waals surface area contributed by atoms with Crippen LogP contribution < -0.4 is 19.9 Å². The van der Waals surface area contributed by atoms with Crippen LogP contribution in [-0.2, 0) is 9.47 Å². The van der Waals surface area contributed by atoms with Gasteiger partial charge >= 0.3 is 12.0 Å². The van der Waals surface area contributed by atoms with Crippen LogP contribution in [0.15, 0.2) is 24.5 Å². The predicted octanol–water partition coefficient (Wildman–Crippen LogP) is 1.73. The minimum absolute atomic E-state index is 0.109. The molecular formula is C21H24N6O6. The summed E-state index contributed by atoms with van der Waals surface area (Å²) in [5.41, 5.74) is 0.621. The number of nitrogens with zero attached hydrogens (tertiary/aromatic N) is 5. The highest BCUT2D eigenvalue weighted by molar-refractivity contribution is 6.04. The first kappa shape index (κ1) is 21.3. The minimum Gasteiger partial charge on any atom is -0.477 e. The number of carboxylic acid groups (broad SMARTS) is 1. The first-order chi connectivity index (χ1) is 15.8. The molecule has 2 fully saturated rings. The van der Waals surface area contributed by atoms with E-state index in [0.717, 1.165) is 18.7 Å². The highest BCUT2D eigenvalue weighted by Gasteiger charge is 2.40. The van der Waals surface area contributed by atoms with Gasteiger partial charge in [-0.25, -0.2) is 24.5 Å². The number of hydrogen-bond acceptors (Lipinski definition) is 9. The van der Waals surface area contributed by atoms with Crippen LogP contribution in [0.4, 0.5) is 22.1 Å². The van der Waals surface area contributed by atoms with Crippen molar-refractivity contribution in [3.05, 3.63) is 30.2 Å². The van der Waals surface area contributed by atoms with Crippen molar-refractivity contribution in [3.8, 4) is 5.88 Å². The number of anilines is 3. The molecule has 0 radical (unpaired) electrons. The van der Waals surface area contributed by atoms with Crippen molar-refractivity contribution >= 4 is 29.3 Å². The molecule has 2 aromatic rings. The number of aromatic nitrogens is 3. The largest absolute Gasteiger partial charge is 0.477 e. The summed E-state index contributed by atoms with van der Waals surface area (Å²) < 4.78 is 16.8. The topological polar surface area (TPSA) is 139 Å². The van der Waals surface area contributed by atoms with Crippen molar-refractivity contribution in [1.82, 2.24) is 15.0 Å². The number of carbonyl (C=O) groups is 2. The molecule has 2 atom stereocenters. The molecule has 33 heavy (non-hydrogen) atoms. The van der Waals surface area contributed by atoms with Crippen LogP contribution in [0.25, 0.3) is 0 Å². The highest BCUT2D eigenvalue weighted by atomic mass is 16.7. The highest BCUT2D eigenvalue weighted by Crippen LogP contribution is 2.39. The Kier molecular flexibility index (Phi) is 5.25. The molecule has 2 N–H and O–H groups in total. The first-order valence-corrected chi connectivity index (χ1v) is 10.7. The molecule has 1 unspecified atom stereocenters. The smallest absolute Gasteiger partial charge is 0.354 e. The number of nitrogens with one attached hydrogen (secondary N) is 1. The number of pyridine rings is 1. The van der Waals surface area contributed by atoms with Gasteiger partial charge in [0.05, 0.1) is 30.7 Å². The van der Waals surface area contributed by atoms with E-state index >= 15 is 0 Å². The van der Waals surface area contributed by atoms with E-state index in [1.165, 1.54) is 23.4 Å². The third kappa shape index (κ3) is 4.26. The lowest BCUT2D eigenvalue weighted by Crippen LogP contribution is -2.48. The molecule has 0 aliphatic carbocycles. The second-order valence-corrected chi connectivity index (χ2v) is 8.53. The summed E-state index contributed by atoms with van der Waals surface area (Å²) in [7, 11) is 0. The Morgan fingerprint density at radius 1 is 1.30 bits per heavy atom. The Hall–Kier alpha value is -3.51. The second-order valence-electron chi connectivity index (χ2n) is 8.53. The zero-order valence-corrected chi connectivity index (χ0v) is 18.2.